The molecule has 2 N–H and O–H groups in total. The molecule has 1 fully saturated rings. The van der Waals surface area contributed by atoms with E-state index in [1.807, 2.05) is 13.8 Å². The minimum Gasteiger partial charge on any atom is -0.387 e. The van der Waals surface area contributed by atoms with E-state index in [0.717, 1.165) is 18.7 Å². The van der Waals surface area contributed by atoms with Gasteiger partial charge < -0.3 is 10.0 Å². The summed E-state index contributed by atoms with van der Waals surface area (Å²) in [4.78, 5) is 18.9. The fourth-order valence-electron chi connectivity index (χ4n) is 3.28. The normalized spacial score (nSPS) is 24.7. The molecular formula is C16H23N5O2. The van der Waals surface area contributed by atoms with Crippen molar-refractivity contribution in [2.24, 2.45) is 5.41 Å². The topological polar surface area (TPSA) is 87.0 Å². The van der Waals surface area contributed by atoms with Crippen molar-refractivity contribution in [3.63, 3.8) is 0 Å². The Morgan fingerprint density at radius 1 is 1.43 bits per heavy atom. The quantitative estimate of drug-likeness (QED) is 0.871. The van der Waals surface area contributed by atoms with E-state index >= 15 is 0 Å². The molecule has 2 aromatic rings. The van der Waals surface area contributed by atoms with Gasteiger partial charge in [0.2, 0.25) is 0 Å². The number of hydrogen-bond acceptors (Lipinski definition) is 5. The fourth-order valence-corrected chi connectivity index (χ4v) is 3.28. The summed E-state index contributed by atoms with van der Waals surface area (Å²) >= 11 is 0. The number of aromatic nitrogens is 4. The maximum Gasteiger partial charge on any atom is 0.253 e. The van der Waals surface area contributed by atoms with Gasteiger partial charge >= 0.3 is 0 Å². The van der Waals surface area contributed by atoms with Crippen molar-refractivity contribution in [2.75, 3.05) is 20.1 Å². The lowest BCUT2D eigenvalue weighted by Gasteiger charge is -2.49. The van der Waals surface area contributed by atoms with E-state index in [0.29, 0.717) is 12.1 Å². The van der Waals surface area contributed by atoms with E-state index < -0.39 is 5.60 Å². The molecule has 0 aliphatic carbocycles. The Morgan fingerprint density at radius 2 is 2.22 bits per heavy atom. The van der Waals surface area contributed by atoms with Crippen LogP contribution in [0.2, 0.25) is 0 Å². The van der Waals surface area contributed by atoms with Crippen LogP contribution in [0.5, 0.6) is 0 Å². The van der Waals surface area contributed by atoms with Crippen LogP contribution < -0.4 is 5.56 Å². The van der Waals surface area contributed by atoms with E-state index in [1.54, 1.807) is 12.4 Å². The highest BCUT2D eigenvalue weighted by Crippen LogP contribution is 2.39. The lowest BCUT2D eigenvalue weighted by Crippen LogP contribution is -2.59. The molecule has 0 spiro atoms. The van der Waals surface area contributed by atoms with Crippen molar-refractivity contribution < 1.29 is 5.11 Å². The highest BCUT2D eigenvalue weighted by atomic mass is 16.3. The van der Waals surface area contributed by atoms with E-state index in [4.69, 9.17) is 0 Å². The van der Waals surface area contributed by atoms with Gasteiger partial charge in [-0.1, -0.05) is 13.8 Å². The first-order chi connectivity index (χ1) is 10.8. The van der Waals surface area contributed by atoms with Crippen molar-refractivity contribution in [3.05, 3.63) is 35.1 Å². The van der Waals surface area contributed by atoms with Crippen LogP contribution in [0.4, 0.5) is 0 Å². The predicted molar refractivity (Wildman–Crippen MR) is 86.9 cm³/mol. The molecule has 7 nitrogen and oxygen atoms in total. The molecule has 0 saturated carbocycles. The predicted octanol–water partition coefficient (Wildman–Crippen LogP) is 0.726. The van der Waals surface area contributed by atoms with Crippen LogP contribution in [-0.2, 0) is 6.54 Å². The summed E-state index contributed by atoms with van der Waals surface area (Å²) in [5.74, 6) is 0. The Kier molecular flexibility index (Phi) is 3.85. The number of H-pyrrole nitrogens is 1. The molecule has 7 heteroatoms. The van der Waals surface area contributed by atoms with Gasteiger partial charge in [-0.3, -0.25) is 14.5 Å². The first-order valence-electron chi connectivity index (χ1n) is 7.77. The molecular weight excluding hydrogens is 294 g/mol. The van der Waals surface area contributed by atoms with Crippen molar-refractivity contribution in [2.45, 2.75) is 32.4 Å². The lowest BCUT2D eigenvalue weighted by molar-refractivity contribution is -0.124. The largest absolute Gasteiger partial charge is 0.387 e. The molecule has 3 heterocycles. The van der Waals surface area contributed by atoms with E-state index in [1.165, 1.54) is 17.0 Å². The Balaban J connectivity index is 1.87. The van der Waals surface area contributed by atoms with Gasteiger partial charge in [0.1, 0.15) is 0 Å². The van der Waals surface area contributed by atoms with E-state index in [9.17, 15) is 9.90 Å². The summed E-state index contributed by atoms with van der Waals surface area (Å²) in [6.07, 6.45) is 5.46. The average Bonchev–Trinajstić information content (AvgIpc) is 3.00. The van der Waals surface area contributed by atoms with Crippen molar-refractivity contribution >= 4 is 0 Å². The fraction of sp³-hybridized carbons (Fsp3) is 0.562. The maximum atomic E-state index is 12.4. The number of nitrogens with zero attached hydrogens (tertiary/aromatic N) is 4. The smallest absolute Gasteiger partial charge is 0.253 e. The second kappa shape index (κ2) is 5.58. The second-order valence-corrected chi connectivity index (χ2v) is 7.13. The molecule has 2 aromatic heterocycles. The zero-order valence-corrected chi connectivity index (χ0v) is 13.8. The van der Waals surface area contributed by atoms with E-state index in [2.05, 4.69) is 27.1 Å². The van der Waals surface area contributed by atoms with Gasteiger partial charge in [0, 0.05) is 36.3 Å². The zero-order chi connectivity index (χ0) is 16.7. The van der Waals surface area contributed by atoms with E-state index in [-0.39, 0.29) is 17.5 Å². The molecule has 124 valence electrons. The third-order valence-electron chi connectivity index (χ3n) is 4.94. The van der Waals surface area contributed by atoms with Gasteiger partial charge in [-0.15, -0.1) is 0 Å². The Morgan fingerprint density at radius 3 is 2.83 bits per heavy atom. The molecule has 1 aliphatic heterocycles. The minimum atomic E-state index is -0.928. The number of piperidine rings is 1. The molecule has 1 atom stereocenters. The van der Waals surface area contributed by atoms with Gasteiger partial charge in [-0.25, -0.2) is 4.98 Å². The third-order valence-corrected chi connectivity index (χ3v) is 4.94. The number of aliphatic hydroxyl groups is 1. The standard InChI is InChI=1S/C16H23N5O2/c1-15(2)9-20(3)5-4-16(15,23)10-21-11-17-13(6-14(21)22)12-7-18-19-8-12/h6-8,11,23H,4-5,9-10H2,1-3H3,(H,18,19). The first-order valence-corrected chi connectivity index (χ1v) is 7.77. The number of rotatable bonds is 3. The molecule has 0 amide bonds. The Bertz CT molecular complexity index is 737. The molecule has 23 heavy (non-hydrogen) atoms. The zero-order valence-electron chi connectivity index (χ0n) is 13.8. The highest BCUT2D eigenvalue weighted by Gasteiger charge is 2.47. The molecule has 1 unspecified atom stereocenters. The van der Waals surface area contributed by atoms with Crippen molar-refractivity contribution in [1.82, 2.24) is 24.6 Å². The number of nitrogens with one attached hydrogen (secondary N) is 1. The third kappa shape index (κ3) is 2.94. The monoisotopic (exact) mass is 317 g/mol. The van der Waals surface area contributed by atoms with Gasteiger partial charge in [-0.05, 0) is 13.5 Å². The van der Waals surface area contributed by atoms with Gasteiger partial charge in [0.25, 0.3) is 5.56 Å². The molecule has 3 rings (SSSR count). The average molecular weight is 317 g/mol. The van der Waals surface area contributed by atoms with Crippen LogP contribution >= 0.6 is 0 Å². The van der Waals surface area contributed by atoms with Crippen LogP contribution in [-0.4, -0.2) is 55.5 Å². The summed E-state index contributed by atoms with van der Waals surface area (Å²) in [7, 11) is 2.05. The summed E-state index contributed by atoms with van der Waals surface area (Å²) in [6, 6.07) is 1.48. The summed E-state index contributed by atoms with van der Waals surface area (Å²) in [5.41, 5.74) is -0.0493. The highest BCUT2D eigenvalue weighted by molar-refractivity contribution is 5.55. The number of likely N-dealkylation sites (tertiary alicyclic amines) is 1. The molecule has 0 bridgehead atoms. The van der Waals surface area contributed by atoms with Crippen LogP contribution in [0, 0.1) is 5.41 Å². The Labute approximate surface area is 135 Å². The first kappa shape index (κ1) is 15.9. The molecule has 0 aromatic carbocycles. The minimum absolute atomic E-state index is 0.167. The van der Waals surface area contributed by atoms with Crippen LogP contribution in [0.25, 0.3) is 11.3 Å². The molecule has 0 radical (unpaired) electrons. The second-order valence-electron chi connectivity index (χ2n) is 7.13. The SMILES string of the molecule is CN1CCC(O)(Cn2cnc(-c3cn[nH]c3)cc2=O)C(C)(C)C1. The van der Waals surface area contributed by atoms with Gasteiger partial charge in [0.05, 0.1) is 30.4 Å². The van der Waals surface area contributed by atoms with Crippen molar-refractivity contribution in [1.29, 1.82) is 0 Å². The summed E-state index contributed by atoms with van der Waals surface area (Å²) in [5, 5.41) is 17.7. The summed E-state index contributed by atoms with van der Waals surface area (Å²) in [6.45, 7) is 5.95. The van der Waals surface area contributed by atoms with Crippen molar-refractivity contribution in [3.8, 4) is 11.3 Å². The van der Waals surface area contributed by atoms with Gasteiger partial charge in [-0.2, -0.15) is 5.10 Å². The maximum absolute atomic E-state index is 12.4. The summed E-state index contributed by atoms with van der Waals surface area (Å²) < 4.78 is 1.50. The molecule has 1 aliphatic rings. The van der Waals surface area contributed by atoms with Crippen LogP contribution in [0.15, 0.2) is 29.6 Å². The van der Waals surface area contributed by atoms with Crippen LogP contribution in [0.1, 0.15) is 20.3 Å². The lowest BCUT2D eigenvalue weighted by atomic mass is 9.70. The van der Waals surface area contributed by atoms with Gasteiger partial charge in [0.15, 0.2) is 0 Å². The van der Waals surface area contributed by atoms with Crippen LogP contribution in [0.3, 0.4) is 0 Å². The number of aromatic amines is 1. The number of hydrogen-bond donors (Lipinski definition) is 2. The Hall–Kier alpha value is -1.99. The molecule has 1 saturated heterocycles.